The van der Waals surface area contributed by atoms with Crippen molar-refractivity contribution < 1.29 is 14.3 Å². The molecule has 0 aliphatic heterocycles. The average Bonchev–Trinajstić information content (AvgIpc) is 2.65. The Balaban J connectivity index is 2.49. The SMILES string of the molecule is COC(=O)c1c[nH]c2c1C(=O)C(Br)CCC2. The van der Waals surface area contributed by atoms with Crippen molar-refractivity contribution in [1.82, 2.24) is 4.98 Å². The Morgan fingerprint density at radius 2 is 2.38 bits per heavy atom. The van der Waals surface area contributed by atoms with Gasteiger partial charge < -0.3 is 9.72 Å². The number of aryl methyl sites for hydroxylation is 1. The van der Waals surface area contributed by atoms with E-state index in [1.165, 1.54) is 7.11 Å². The topological polar surface area (TPSA) is 59.2 Å². The van der Waals surface area contributed by atoms with Crippen LogP contribution in [-0.4, -0.2) is 28.7 Å². The third-order valence-electron chi connectivity index (χ3n) is 2.78. The number of alkyl halides is 1. The maximum Gasteiger partial charge on any atom is 0.340 e. The van der Waals surface area contributed by atoms with E-state index in [4.69, 9.17) is 0 Å². The summed E-state index contributed by atoms with van der Waals surface area (Å²) < 4.78 is 4.66. The predicted octanol–water partition coefficient (Wildman–Crippen LogP) is 2.08. The van der Waals surface area contributed by atoms with Crippen LogP contribution >= 0.6 is 15.9 Å². The average molecular weight is 286 g/mol. The number of carbonyl (C=O) groups is 2. The molecule has 0 saturated heterocycles. The van der Waals surface area contributed by atoms with E-state index in [0.29, 0.717) is 11.1 Å². The lowest BCUT2D eigenvalue weighted by molar-refractivity contribution is 0.0597. The molecule has 1 aromatic heterocycles. The number of halogens is 1. The van der Waals surface area contributed by atoms with Crippen molar-refractivity contribution >= 4 is 27.7 Å². The zero-order chi connectivity index (χ0) is 11.7. The molecule has 1 atom stereocenters. The fourth-order valence-electron chi connectivity index (χ4n) is 1.96. The monoisotopic (exact) mass is 285 g/mol. The summed E-state index contributed by atoms with van der Waals surface area (Å²) in [7, 11) is 1.31. The quantitative estimate of drug-likeness (QED) is 0.488. The number of hydrogen-bond donors (Lipinski definition) is 1. The van der Waals surface area contributed by atoms with Crippen molar-refractivity contribution in [2.24, 2.45) is 0 Å². The molecule has 1 aliphatic carbocycles. The molecule has 2 rings (SSSR count). The number of ether oxygens (including phenoxy) is 1. The number of aromatic amines is 1. The lowest BCUT2D eigenvalue weighted by atomic mass is 10.1. The number of H-pyrrole nitrogens is 1. The summed E-state index contributed by atoms with van der Waals surface area (Å²) in [5.41, 5.74) is 1.67. The maximum atomic E-state index is 12.1. The third kappa shape index (κ3) is 1.80. The molecule has 1 heterocycles. The van der Waals surface area contributed by atoms with Gasteiger partial charge in [-0.2, -0.15) is 0 Å². The molecule has 0 fully saturated rings. The van der Waals surface area contributed by atoms with Crippen LogP contribution < -0.4 is 0 Å². The van der Waals surface area contributed by atoms with E-state index in [1.807, 2.05) is 0 Å². The standard InChI is InChI=1S/C11H12BrNO3/c1-16-11(15)6-5-13-8-4-2-3-7(12)10(14)9(6)8/h5,7,13H,2-4H2,1H3. The fourth-order valence-corrected chi connectivity index (χ4v) is 2.51. The Hall–Kier alpha value is -1.10. The van der Waals surface area contributed by atoms with Crippen molar-refractivity contribution in [3.63, 3.8) is 0 Å². The van der Waals surface area contributed by atoms with Gasteiger partial charge >= 0.3 is 5.97 Å². The van der Waals surface area contributed by atoms with Crippen LogP contribution in [0.3, 0.4) is 0 Å². The molecule has 16 heavy (non-hydrogen) atoms. The molecule has 1 N–H and O–H groups in total. The zero-order valence-corrected chi connectivity index (χ0v) is 10.5. The summed E-state index contributed by atoms with van der Waals surface area (Å²) in [5.74, 6) is -0.499. The number of hydrogen-bond acceptors (Lipinski definition) is 3. The lowest BCUT2D eigenvalue weighted by Crippen LogP contribution is -2.16. The van der Waals surface area contributed by atoms with E-state index in [2.05, 4.69) is 25.7 Å². The van der Waals surface area contributed by atoms with Crippen LogP contribution in [0.4, 0.5) is 0 Å². The highest BCUT2D eigenvalue weighted by Crippen LogP contribution is 2.27. The number of methoxy groups -OCH3 is 1. The van der Waals surface area contributed by atoms with E-state index in [-0.39, 0.29) is 10.6 Å². The summed E-state index contributed by atoms with van der Waals surface area (Å²) in [5, 5.41) is 0. The molecule has 0 spiro atoms. The van der Waals surface area contributed by atoms with Gasteiger partial charge in [-0.25, -0.2) is 4.79 Å². The molecule has 1 aliphatic rings. The molecule has 86 valence electrons. The predicted molar refractivity (Wildman–Crippen MR) is 62.1 cm³/mol. The number of Topliss-reactive ketones (excluding diaryl/α,β-unsaturated/α-hetero) is 1. The van der Waals surface area contributed by atoms with Crippen LogP contribution in [0.25, 0.3) is 0 Å². The second-order valence-corrected chi connectivity index (χ2v) is 4.88. The molecule has 0 aromatic carbocycles. The molecule has 0 radical (unpaired) electrons. The Morgan fingerprint density at radius 3 is 3.06 bits per heavy atom. The summed E-state index contributed by atoms with van der Waals surface area (Å²) in [6.07, 6.45) is 4.07. The number of fused-ring (bicyclic) bond motifs is 1. The second kappa shape index (κ2) is 4.41. The van der Waals surface area contributed by atoms with Gasteiger partial charge in [-0.3, -0.25) is 4.79 Å². The Morgan fingerprint density at radius 1 is 1.62 bits per heavy atom. The van der Waals surface area contributed by atoms with Gasteiger partial charge in [-0.15, -0.1) is 0 Å². The first-order valence-electron chi connectivity index (χ1n) is 5.12. The fraction of sp³-hybridized carbons (Fsp3) is 0.455. The minimum absolute atomic E-state index is 0.0332. The number of nitrogens with one attached hydrogen (secondary N) is 1. The molecule has 0 saturated carbocycles. The van der Waals surface area contributed by atoms with Crippen LogP contribution in [-0.2, 0) is 11.2 Å². The van der Waals surface area contributed by atoms with E-state index < -0.39 is 5.97 Å². The summed E-state index contributed by atoms with van der Waals surface area (Å²) >= 11 is 3.35. The first kappa shape index (κ1) is 11.4. The molecule has 4 nitrogen and oxygen atoms in total. The molecule has 1 aromatic rings. The van der Waals surface area contributed by atoms with Gasteiger partial charge in [0.05, 0.1) is 23.1 Å². The highest BCUT2D eigenvalue weighted by atomic mass is 79.9. The van der Waals surface area contributed by atoms with E-state index in [9.17, 15) is 9.59 Å². The van der Waals surface area contributed by atoms with Gasteiger partial charge in [0.1, 0.15) is 0 Å². The van der Waals surface area contributed by atoms with Gasteiger partial charge in [0, 0.05) is 11.9 Å². The number of rotatable bonds is 1. The van der Waals surface area contributed by atoms with Crippen LogP contribution in [0.2, 0.25) is 0 Å². The van der Waals surface area contributed by atoms with Crippen molar-refractivity contribution in [3.8, 4) is 0 Å². The van der Waals surface area contributed by atoms with Crippen molar-refractivity contribution in [2.75, 3.05) is 7.11 Å². The molecule has 5 heteroatoms. The van der Waals surface area contributed by atoms with Crippen molar-refractivity contribution in [2.45, 2.75) is 24.1 Å². The minimum Gasteiger partial charge on any atom is -0.465 e. The number of ketones is 1. The number of aromatic nitrogens is 1. The minimum atomic E-state index is -0.465. The largest absolute Gasteiger partial charge is 0.465 e. The molecule has 0 bridgehead atoms. The summed E-state index contributed by atoms with van der Waals surface area (Å²) in [4.78, 5) is 26.4. The lowest BCUT2D eigenvalue weighted by Gasteiger charge is -2.05. The third-order valence-corrected chi connectivity index (χ3v) is 3.66. The molecule has 1 unspecified atom stereocenters. The maximum absolute atomic E-state index is 12.1. The van der Waals surface area contributed by atoms with Crippen molar-refractivity contribution in [3.05, 3.63) is 23.0 Å². The first-order valence-corrected chi connectivity index (χ1v) is 6.03. The normalized spacial score (nSPS) is 20.1. The Bertz CT molecular complexity index is 438. The van der Waals surface area contributed by atoms with Crippen molar-refractivity contribution in [1.29, 1.82) is 0 Å². The first-order chi connectivity index (χ1) is 7.65. The van der Waals surface area contributed by atoms with E-state index in [1.54, 1.807) is 6.20 Å². The van der Waals surface area contributed by atoms with Gasteiger partial charge in [0.25, 0.3) is 0 Å². The highest BCUT2D eigenvalue weighted by molar-refractivity contribution is 9.10. The van der Waals surface area contributed by atoms with Gasteiger partial charge in [-0.1, -0.05) is 15.9 Å². The van der Waals surface area contributed by atoms with Gasteiger partial charge in [0.15, 0.2) is 5.78 Å². The molecular weight excluding hydrogens is 274 g/mol. The van der Waals surface area contributed by atoms with Crippen LogP contribution in [0.5, 0.6) is 0 Å². The van der Waals surface area contributed by atoms with E-state index >= 15 is 0 Å². The smallest absolute Gasteiger partial charge is 0.340 e. The van der Waals surface area contributed by atoms with Crippen LogP contribution in [0.15, 0.2) is 6.20 Å². The summed E-state index contributed by atoms with van der Waals surface area (Å²) in [6.45, 7) is 0. The van der Waals surface area contributed by atoms with Crippen LogP contribution in [0, 0.1) is 0 Å². The van der Waals surface area contributed by atoms with Gasteiger partial charge in [-0.05, 0) is 19.3 Å². The second-order valence-electron chi connectivity index (χ2n) is 3.77. The number of esters is 1. The molecular formula is C11H12BrNO3. The van der Waals surface area contributed by atoms with Gasteiger partial charge in [0.2, 0.25) is 0 Å². The summed E-state index contributed by atoms with van der Waals surface area (Å²) in [6, 6.07) is 0. The molecule has 0 amide bonds. The highest BCUT2D eigenvalue weighted by Gasteiger charge is 2.29. The number of carbonyl (C=O) groups excluding carboxylic acids is 2. The van der Waals surface area contributed by atoms with Crippen LogP contribution in [0.1, 0.15) is 39.3 Å². The van der Waals surface area contributed by atoms with E-state index in [0.717, 1.165) is 25.0 Å². The zero-order valence-electron chi connectivity index (χ0n) is 8.88. The Labute approximate surface area is 101 Å². The Kier molecular flexibility index (Phi) is 3.14.